The molecule has 518 valence electrons. The lowest BCUT2D eigenvalue weighted by molar-refractivity contribution is 0.185. The molecule has 0 aliphatic carbocycles. The molecule has 93 heavy (non-hydrogen) atoms. The molecule has 0 aliphatic rings. The maximum Gasteiger partial charge on any atom is 0.118 e. The molecule has 0 saturated heterocycles. The number of benzene rings is 9. The Labute approximate surface area is 574 Å². The van der Waals surface area contributed by atoms with Crippen molar-refractivity contribution in [3.63, 3.8) is 0 Å². The predicted molar refractivity (Wildman–Crippen MR) is 420 cm³/mol. The molecule has 6 heteroatoms. The summed E-state index contributed by atoms with van der Waals surface area (Å²) in [6.45, 7) is 46.3. The molecule has 9 aromatic rings. The first-order valence-corrected chi connectivity index (χ1v) is 33.4. The summed E-state index contributed by atoms with van der Waals surface area (Å²) in [5.74, 6) is 2.71. The Bertz CT molecular complexity index is 2740. The fourth-order valence-electron chi connectivity index (χ4n) is 7.36. The molecule has 0 atom stereocenters. The number of hydrogen-bond acceptors (Lipinski definition) is 6. The van der Waals surface area contributed by atoms with Crippen LogP contribution < -0.4 is 14.2 Å². The van der Waals surface area contributed by atoms with Crippen molar-refractivity contribution in [1.82, 2.24) is 0 Å². The van der Waals surface area contributed by atoms with Gasteiger partial charge in [0.25, 0.3) is 0 Å². The lowest BCUT2D eigenvalue weighted by Crippen LogP contribution is -1.87. The van der Waals surface area contributed by atoms with Crippen LogP contribution in [-0.4, -0.2) is 42.7 Å². The Morgan fingerprint density at radius 3 is 0.452 bits per heavy atom. The average molecular weight is 1280 g/mol. The van der Waals surface area contributed by atoms with Crippen molar-refractivity contribution in [2.45, 2.75) is 187 Å². The molecule has 6 nitrogen and oxygen atoms in total. The Morgan fingerprint density at radius 1 is 0.183 bits per heavy atom. The van der Waals surface area contributed by atoms with Gasteiger partial charge in [-0.25, -0.2) is 0 Å². The van der Waals surface area contributed by atoms with E-state index in [4.69, 9.17) is 28.4 Å². The number of aryl methyl sites for hydroxylation is 4. The third kappa shape index (κ3) is 44.4. The third-order valence-electron chi connectivity index (χ3n) is 11.7. The Balaban J connectivity index is -0.000000191. The fraction of sp³-hybridized carbons (Fsp3) is 0.379. The minimum absolute atomic E-state index is 0. The number of ether oxygens (including phenoxy) is 6. The number of hydrogen-bond donors (Lipinski definition) is 0. The average Bonchev–Trinajstić information content (AvgIpc) is 1.91. The first-order chi connectivity index (χ1) is 44.5. The van der Waals surface area contributed by atoms with Crippen LogP contribution in [0.3, 0.4) is 0 Å². The molecule has 0 aliphatic heterocycles. The molecular weight excluding hydrogens is 1140 g/mol. The van der Waals surface area contributed by atoms with E-state index in [1.165, 1.54) is 83.5 Å². The van der Waals surface area contributed by atoms with E-state index in [2.05, 4.69) is 185 Å². The molecule has 0 bridgehead atoms. The Hall–Kier alpha value is -7.74. The highest BCUT2D eigenvalue weighted by atomic mass is 16.5. The highest BCUT2D eigenvalue weighted by molar-refractivity contribution is 5.71. The summed E-state index contributed by atoms with van der Waals surface area (Å²) in [4.78, 5) is 0. The second-order valence-electron chi connectivity index (χ2n) is 17.5. The molecule has 0 amide bonds. The summed E-state index contributed by atoms with van der Waals surface area (Å²) in [7, 11) is 10.2. The van der Waals surface area contributed by atoms with Gasteiger partial charge >= 0.3 is 0 Å². The molecule has 0 radical (unpaired) electrons. The lowest BCUT2D eigenvalue weighted by atomic mass is 9.99. The maximum atomic E-state index is 5.20. The van der Waals surface area contributed by atoms with Crippen LogP contribution >= 0.6 is 0 Å². The molecule has 0 heterocycles. The van der Waals surface area contributed by atoms with Gasteiger partial charge < -0.3 is 28.4 Å². The van der Waals surface area contributed by atoms with Crippen molar-refractivity contribution < 1.29 is 28.4 Å². The minimum atomic E-state index is 0. The zero-order valence-corrected chi connectivity index (χ0v) is 62.4. The van der Waals surface area contributed by atoms with Crippen molar-refractivity contribution in [3.8, 4) is 61.8 Å². The second-order valence-corrected chi connectivity index (χ2v) is 17.5. The smallest absolute Gasteiger partial charge is 0.118 e. The van der Waals surface area contributed by atoms with Crippen LogP contribution in [0.5, 0.6) is 17.2 Å². The molecule has 0 fully saturated rings. The molecule has 0 unspecified atom stereocenters. The van der Waals surface area contributed by atoms with E-state index in [9.17, 15) is 0 Å². The van der Waals surface area contributed by atoms with Crippen LogP contribution in [0.25, 0.3) is 44.5 Å². The molecule has 0 N–H and O–H groups in total. The molecule has 9 aromatic carbocycles. The van der Waals surface area contributed by atoms with E-state index < -0.39 is 0 Å². The highest BCUT2D eigenvalue weighted by Crippen LogP contribution is 2.27. The van der Waals surface area contributed by atoms with E-state index in [0.29, 0.717) is 19.8 Å². The zero-order chi connectivity index (χ0) is 70.2. The van der Waals surface area contributed by atoms with Gasteiger partial charge in [-0.3, -0.25) is 0 Å². The van der Waals surface area contributed by atoms with Crippen LogP contribution in [0.4, 0.5) is 0 Å². The monoisotopic (exact) mass is 1280 g/mol. The summed E-state index contributed by atoms with van der Waals surface area (Å²) in [6.07, 6.45) is 0. The Kier molecular flexibility index (Phi) is 74.5. The van der Waals surface area contributed by atoms with E-state index in [1.807, 2.05) is 185 Å². The lowest BCUT2D eigenvalue weighted by Gasteiger charge is -2.07. The summed E-state index contributed by atoms with van der Waals surface area (Å²) >= 11 is 0. The van der Waals surface area contributed by atoms with E-state index in [0.717, 1.165) is 17.2 Å². The van der Waals surface area contributed by atoms with Gasteiger partial charge in [0.15, 0.2) is 0 Å². The molecular formula is C87H134O6. The number of rotatable bonds is 13. The van der Waals surface area contributed by atoms with E-state index >= 15 is 0 Å². The molecule has 0 spiro atoms. The van der Waals surface area contributed by atoms with Gasteiger partial charge in [0.05, 0.1) is 41.2 Å². The highest BCUT2D eigenvalue weighted by Gasteiger charge is 2.03. The van der Waals surface area contributed by atoms with Gasteiger partial charge in [-0.15, -0.1) is 0 Å². The van der Waals surface area contributed by atoms with Gasteiger partial charge in [0.1, 0.15) is 17.2 Å². The second kappa shape index (κ2) is 70.1. The van der Waals surface area contributed by atoms with Crippen molar-refractivity contribution >= 4 is 0 Å². The van der Waals surface area contributed by atoms with Crippen molar-refractivity contribution in [1.29, 1.82) is 0 Å². The van der Waals surface area contributed by atoms with E-state index in [1.54, 1.807) is 42.7 Å². The van der Waals surface area contributed by atoms with Crippen LogP contribution in [0.15, 0.2) is 218 Å². The predicted octanol–water partition coefficient (Wildman–Crippen LogP) is 27.3. The fourth-order valence-corrected chi connectivity index (χ4v) is 7.36. The topological polar surface area (TPSA) is 55.4 Å². The normalized spacial score (nSPS) is 8.52. The summed E-state index contributed by atoms with van der Waals surface area (Å²) in [5, 5.41) is 0. The van der Waals surface area contributed by atoms with E-state index in [-0.39, 0.29) is 14.9 Å². The Morgan fingerprint density at radius 2 is 0.301 bits per heavy atom. The third-order valence-corrected chi connectivity index (χ3v) is 11.7. The van der Waals surface area contributed by atoms with Crippen molar-refractivity contribution in [3.05, 3.63) is 257 Å². The van der Waals surface area contributed by atoms with Gasteiger partial charge in [0, 0.05) is 21.3 Å². The molecule has 0 saturated carbocycles. The van der Waals surface area contributed by atoms with Crippen LogP contribution in [0, 0.1) is 27.7 Å². The van der Waals surface area contributed by atoms with Crippen LogP contribution in [-0.2, 0) is 34.0 Å². The SMILES string of the molecule is C.C.CC.CC.CC.CC.CC.CC.CC.CC.CC.COCc1ccc(-c2ccc(-c3ccc(OC)cc3)cc2)cc1.COCc1ccc(-c2ccc(C)cc2)cc1.COCc1ccc(-c2ccc(C)cc2)cc1.COc1ccc(C)cc1.COc1ccc(C)cc1. The summed E-state index contributed by atoms with van der Waals surface area (Å²) in [5.41, 5.74) is 18.5. The van der Waals surface area contributed by atoms with Crippen molar-refractivity contribution in [2.24, 2.45) is 0 Å². The minimum Gasteiger partial charge on any atom is -0.497 e. The van der Waals surface area contributed by atoms with Crippen molar-refractivity contribution in [2.75, 3.05) is 42.7 Å². The summed E-state index contributed by atoms with van der Waals surface area (Å²) in [6, 6.07) is 75.3. The standard InChI is InChI=1S/C21H20O2.2C15H16O.2C8H10O.9C2H6.2CH4/c1-22-15-16-3-5-17(6-4-16)18-7-9-19(10-8-18)20-11-13-21(23-2)14-12-20;2*1-12-3-7-14(8-4-12)15-9-5-13(6-10-15)11-16-2;2*1-7-3-5-8(9-2)6-4-7;9*1-2;;/h3-14H,15H2,1-2H3;2*3-10H,11H2,1-2H3;2*3-6H,1-2H3;9*1-2H3;2*1H4. The maximum absolute atomic E-state index is 5.20. The number of methoxy groups -OCH3 is 6. The van der Waals surface area contributed by atoms with Crippen LogP contribution in [0.2, 0.25) is 0 Å². The van der Waals surface area contributed by atoms with Gasteiger partial charge in [-0.05, 0) is 125 Å². The first-order valence-electron chi connectivity index (χ1n) is 33.4. The first kappa shape index (κ1) is 98.8. The van der Waals surface area contributed by atoms with Gasteiger partial charge in [0.2, 0.25) is 0 Å². The largest absolute Gasteiger partial charge is 0.497 e. The quantitative estimate of drug-likeness (QED) is 0.115. The van der Waals surface area contributed by atoms with Gasteiger partial charge in [-0.2, -0.15) is 0 Å². The molecule has 9 rings (SSSR count). The van der Waals surface area contributed by atoms with Gasteiger partial charge in [-0.1, -0.05) is 344 Å². The summed E-state index contributed by atoms with van der Waals surface area (Å²) < 4.78 is 30.5. The molecule has 0 aromatic heterocycles. The van der Waals surface area contributed by atoms with Crippen LogP contribution in [0.1, 0.15) is 178 Å². The zero-order valence-electron chi connectivity index (χ0n) is 62.4.